The Labute approximate surface area is 200 Å². The largest absolute Gasteiger partial charge is 0.433 e. The first-order chi connectivity index (χ1) is 16.1. The van der Waals surface area contributed by atoms with E-state index < -0.39 is 24.0 Å². The van der Waals surface area contributed by atoms with Crippen LogP contribution in [0.1, 0.15) is 46.5 Å². The molecule has 34 heavy (non-hydrogen) atoms. The molecule has 2 atom stereocenters. The monoisotopic (exact) mass is 493 g/mol. The van der Waals surface area contributed by atoms with E-state index in [-0.39, 0.29) is 11.7 Å². The minimum atomic E-state index is -4.51. The van der Waals surface area contributed by atoms with Gasteiger partial charge in [-0.1, -0.05) is 41.9 Å². The maximum Gasteiger partial charge on any atom is 0.433 e. The van der Waals surface area contributed by atoms with E-state index in [0.29, 0.717) is 34.6 Å². The molecule has 1 aromatic heterocycles. The number of pyridine rings is 1. The normalized spacial score (nSPS) is 13.4. The molecule has 0 aliphatic rings. The van der Waals surface area contributed by atoms with E-state index in [1.807, 2.05) is 0 Å². The van der Waals surface area contributed by atoms with Crippen molar-refractivity contribution >= 4 is 17.5 Å². The highest BCUT2D eigenvalue weighted by atomic mass is 35.5. The summed E-state index contributed by atoms with van der Waals surface area (Å²) in [7, 11) is 1.52. The maximum atomic E-state index is 13.9. The molecule has 0 bridgehead atoms. The van der Waals surface area contributed by atoms with Crippen LogP contribution in [-0.4, -0.2) is 17.9 Å². The second-order valence-corrected chi connectivity index (χ2v) is 8.35. The number of hydrogen-bond donors (Lipinski definition) is 2. The van der Waals surface area contributed by atoms with E-state index in [1.165, 1.54) is 25.4 Å². The van der Waals surface area contributed by atoms with E-state index in [0.717, 1.165) is 11.6 Å². The number of aryl methyl sites for hydroxylation is 2. The minimum Gasteiger partial charge on any atom is -0.358 e. The minimum absolute atomic E-state index is 0.290. The Kier molecular flexibility index (Phi) is 8.28. The number of carbonyl (C=O) groups is 1. The molecule has 0 unspecified atom stereocenters. The van der Waals surface area contributed by atoms with Crippen molar-refractivity contribution < 1.29 is 22.4 Å². The summed E-state index contributed by atoms with van der Waals surface area (Å²) in [5.74, 6) is -0.644. The lowest BCUT2D eigenvalue weighted by Gasteiger charge is -2.26. The maximum absolute atomic E-state index is 13.9. The number of benzene rings is 2. The number of amides is 1. The first-order valence-corrected chi connectivity index (χ1v) is 11.0. The Hall–Kier alpha value is -2.97. The van der Waals surface area contributed by atoms with Gasteiger partial charge in [0.05, 0.1) is 0 Å². The molecular formula is C25H24ClF4N3O. The highest BCUT2D eigenvalue weighted by Crippen LogP contribution is 2.29. The molecule has 3 rings (SSSR count). The van der Waals surface area contributed by atoms with Crippen LogP contribution in [0, 0.1) is 12.7 Å². The third-order valence-corrected chi connectivity index (χ3v) is 5.71. The van der Waals surface area contributed by atoms with Crippen LogP contribution in [0.2, 0.25) is 5.02 Å². The van der Waals surface area contributed by atoms with Crippen molar-refractivity contribution in [1.29, 1.82) is 0 Å². The van der Waals surface area contributed by atoms with Crippen LogP contribution in [0.25, 0.3) is 0 Å². The summed E-state index contributed by atoms with van der Waals surface area (Å²) in [6, 6.07) is 12.7. The molecule has 9 heteroatoms. The van der Waals surface area contributed by atoms with Crippen molar-refractivity contribution in [3.8, 4) is 0 Å². The molecule has 0 saturated heterocycles. The number of halogens is 5. The van der Waals surface area contributed by atoms with Gasteiger partial charge in [-0.25, -0.2) is 4.39 Å². The van der Waals surface area contributed by atoms with E-state index in [9.17, 15) is 22.4 Å². The molecule has 4 nitrogen and oxygen atoms in total. The van der Waals surface area contributed by atoms with Crippen molar-refractivity contribution in [2.75, 3.05) is 7.05 Å². The van der Waals surface area contributed by atoms with Crippen LogP contribution in [0.3, 0.4) is 0 Å². The van der Waals surface area contributed by atoms with Crippen LogP contribution >= 0.6 is 11.6 Å². The zero-order valence-electron chi connectivity index (χ0n) is 18.6. The van der Waals surface area contributed by atoms with Crippen molar-refractivity contribution in [2.24, 2.45) is 0 Å². The van der Waals surface area contributed by atoms with Gasteiger partial charge in [-0.15, -0.1) is 0 Å². The van der Waals surface area contributed by atoms with Gasteiger partial charge in [-0.3, -0.25) is 15.1 Å². The van der Waals surface area contributed by atoms with E-state index >= 15 is 0 Å². The summed E-state index contributed by atoms with van der Waals surface area (Å²) >= 11 is 6.13. The molecule has 1 heterocycles. The third kappa shape index (κ3) is 6.55. The lowest BCUT2D eigenvalue weighted by Crippen LogP contribution is -2.38. The predicted molar refractivity (Wildman–Crippen MR) is 123 cm³/mol. The SMILES string of the molecule is CNC(=O)[C@@H](N[C@@H](CCc1ccc(C(F)(F)F)nc1)c1ccc(F)c(C)c1)c1cccc(Cl)c1. The number of aromatic nitrogens is 1. The van der Waals surface area contributed by atoms with Gasteiger partial charge in [0, 0.05) is 24.3 Å². The Bertz CT molecular complexity index is 1140. The molecule has 0 fully saturated rings. The number of nitrogens with zero attached hydrogens (tertiary/aromatic N) is 1. The summed E-state index contributed by atoms with van der Waals surface area (Å²) < 4.78 is 52.4. The van der Waals surface area contributed by atoms with Gasteiger partial charge in [-0.05, 0) is 66.3 Å². The number of nitrogens with one attached hydrogen (secondary N) is 2. The lowest BCUT2D eigenvalue weighted by molar-refractivity contribution is -0.141. The molecule has 0 radical (unpaired) electrons. The van der Waals surface area contributed by atoms with Crippen LogP contribution in [0.4, 0.5) is 17.6 Å². The molecule has 0 spiro atoms. The number of rotatable bonds is 8. The van der Waals surface area contributed by atoms with Gasteiger partial charge < -0.3 is 5.32 Å². The quantitative estimate of drug-likeness (QED) is 0.381. The van der Waals surface area contributed by atoms with Gasteiger partial charge in [-0.2, -0.15) is 13.2 Å². The molecule has 0 aliphatic carbocycles. The molecule has 0 aliphatic heterocycles. The second kappa shape index (κ2) is 11.0. The fourth-order valence-electron chi connectivity index (χ4n) is 3.64. The van der Waals surface area contributed by atoms with Crippen molar-refractivity contribution in [2.45, 2.75) is 38.0 Å². The van der Waals surface area contributed by atoms with Crippen LogP contribution in [0.15, 0.2) is 60.8 Å². The number of carbonyl (C=O) groups excluding carboxylic acids is 1. The molecule has 2 aromatic carbocycles. The zero-order chi connectivity index (χ0) is 24.9. The fraction of sp³-hybridized carbons (Fsp3) is 0.280. The lowest BCUT2D eigenvalue weighted by atomic mass is 9.95. The van der Waals surface area contributed by atoms with Crippen molar-refractivity contribution in [3.05, 3.63) is 99.6 Å². The summed E-state index contributed by atoms with van der Waals surface area (Å²) in [5.41, 5.74) is 1.49. The van der Waals surface area contributed by atoms with Crippen LogP contribution in [0.5, 0.6) is 0 Å². The Morgan fingerprint density at radius 1 is 1.09 bits per heavy atom. The number of hydrogen-bond acceptors (Lipinski definition) is 3. The molecule has 3 aromatic rings. The summed E-state index contributed by atoms with van der Waals surface area (Å²) in [6.07, 6.45) is -2.50. The topological polar surface area (TPSA) is 54.0 Å². The average molecular weight is 494 g/mol. The first kappa shape index (κ1) is 25.6. The molecule has 1 amide bonds. The smallest absolute Gasteiger partial charge is 0.358 e. The number of likely N-dealkylation sites (N-methyl/N-ethyl adjacent to an activating group) is 1. The van der Waals surface area contributed by atoms with Gasteiger partial charge in [0.1, 0.15) is 17.6 Å². The van der Waals surface area contributed by atoms with Gasteiger partial charge >= 0.3 is 6.18 Å². The molecular weight excluding hydrogens is 470 g/mol. The van der Waals surface area contributed by atoms with E-state index in [1.54, 1.807) is 43.3 Å². The summed E-state index contributed by atoms with van der Waals surface area (Å²) in [6.45, 7) is 1.64. The average Bonchev–Trinajstić information content (AvgIpc) is 2.80. The molecule has 0 saturated carbocycles. The highest BCUT2D eigenvalue weighted by molar-refractivity contribution is 6.30. The number of alkyl halides is 3. The summed E-state index contributed by atoms with van der Waals surface area (Å²) in [5, 5.41) is 6.43. The van der Waals surface area contributed by atoms with Crippen LogP contribution < -0.4 is 10.6 Å². The Balaban J connectivity index is 1.89. The summed E-state index contributed by atoms with van der Waals surface area (Å²) in [4.78, 5) is 16.2. The fourth-order valence-corrected chi connectivity index (χ4v) is 3.84. The predicted octanol–water partition coefficient (Wildman–Crippen LogP) is 5.95. The molecule has 180 valence electrons. The van der Waals surface area contributed by atoms with E-state index in [2.05, 4.69) is 15.6 Å². The van der Waals surface area contributed by atoms with Crippen LogP contribution in [-0.2, 0) is 17.4 Å². The standard InChI is InChI=1S/C25H24ClF4N3O/c1-15-12-17(8-9-20(15)27)21(10-6-16-7-11-22(32-14-16)25(28,29)30)33-23(24(34)31-2)18-4-3-5-19(26)13-18/h3-5,7-9,11-14,21,23,33H,6,10H2,1-2H3,(H,31,34)/t21-,23-/m0/s1. The first-order valence-electron chi connectivity index (χ1n) is 10.6. The van der Waals surface area contributed by atoms with Crippen molar-refractivity contribution in [1.82, 2.24) is 15.6 Å². The highest BCUT2D eigenvalue weighted by Gasteiger charge is 2.32. The Morgan fingerprint density at radius 2 is 1.85 bits per heavy atom. The van der Waals surface area contributed by atoms with E-state index in [4.69, 9.17) is 11.6 Å². The van der Waals surface area contributed by atoms with Gasteiger partial charge in [0.2, 0.25) is 5.91 Å². The second-order valence-electron chi connectivity index (χ2n) is 7.92. The van der Waals surface area contributed by atoms with Gasteiger partial charge in [0.15, 0.2) is 0 Å². The Morgan fingerprint density at radius 3 is 2.44 bits per heavy atom. The molecule has 2 N–H and O–H groups in total. The van der Waals surface area contributed by atoms with Gasteiger partial charge in [0.25, 0.3) is 0 Å². The zero-order valence-corrected chi connectivity index (χ0v) is 19.3. The third-order valence-electron chi connectivity index (χ3n) is 5.48. The van der Waals surface area contributed by atoms with Crippen molar-refractivity contribution in [3.63, 3.8) is 0 Å².